The molecule has 4 heterocycles. The Hall–Kier alpha value is -5.03. The standard InChI is InChI=1S/C30H24N4O6S/c1-15-6-5-13-33-16(2)23(32-27(15)33)25(35)22-24(17-7-9-18(10-8-17)29(38)40-4)34(28(37)26(22)36)30-31-20-12-11-19(39-3)14-21(20)41-30/h5-14,24,35H,1-4H3/b25-22+. The maximum absolute atomic E-state index is 13.7. The van der Waals surface area contributed by atoms with Gasteiger partial charge in [-0.15, -0.1) is 0 Å². The summed E-state index contributed by atoms with van der Waals surface area (Å²) in [4.78, 5) is 49.9. The summed E-state index contributed by atoms with van der Waals surface area (Å²) in [5, 5.41) is 11.9. The van der Waals surface area contributed by atoms with Crippen molar-refractivity contribution in [3.8, 4) is 5.75 Å². The van der Waals surface area contributed by atoms with Gasteiger partial charge in [-0.3, -0.25) is 14.5 Å². The zero-order chi connectivity index (χ0) is 29.0. The number of aliphatic hydroxyl groups is 1. The summed E-state index contributed by atoms with van der Waals surface area (Å²) in [5.41, 5.74) is 3.61. The van der Waals surface area contributed by atoms with Crippen LogP contribution in [-0.2, 0) is 14.3 Å². The van der Waals surface area contributed by atoms with Crippen LogP contribution in [0.2, 0.25) is 0 Å². The lowest BCUT2D eigenvalue weighted by Crippen LogP contribution is -2.29. The minimum atomic E-state index is -1.03. The summed E-state index contributed by atoms with van der Waals surface area (Å²) in [7, 11) is 2.84. The average molecular weight is 569 g/mol. The number of hydrogen-bond acceptors (Lipinski definition) is 9. The third-order valence-corrected chi connectivity index (χ3v) is 8.21. The zero-order valence-corrected chi connectivity index (χ0v) is 23.4. The number of aryl methyl sites for hydroxylation is 2. The number of ether oxygens (including phenoxy) is 2. The molecule has 0 spiro atoms. The Bertz CT molecular complexity index is 1920. The number of pyridine rings is 1. The highest BCUT2D eigenvalue weighted by Gasteiger charge is 2.48. The number of carbonyl (C=O) groups is 3. The van der Waals surface area contributed by atoms with Crippen molar-refractivity contribution in [2.24, 2.45) is 0 Å². The molecule has 1 amide bonds. The molecule has 1 aliphatic heterocycles. The number of Topliss-reactive ketones (excluding diaryl/α,β-unsaturated/α-hetero) is 1. The van der Waals surface area contributed by atoms with E-state index in [4.69, 9.17) is 9.47 Å². The van der Waals surface area contributed by atoms with E-state index in [1.807, 2.05) is 29.7 Å². The molecule has 206 valence electrons. The topological polar surface area (TPSA) is 123 Å². The first-order valence-corrected chi connectivity index (χ1v) is 13.4. The highest BCUT2D eigenvalue weighted by atomic mass is 32.1. The van der Waals surface area contributed by atoms with Gasteiger partial charge in [0.15, 0.2) is 10.9 Å². The predicted molar refractivity (Wildman–Crippen MR) is 153 cm³/mol. The molecule has 41 heavy (non-hydrogen) atoms. The number of benzene rings is 2. The molecule has 1 aliphatic rings. The normalized spacial score (nSPS) is 16.6. The van der Waals surface area contributed by atoms with Gasteiger partial charge < -0.3 is 19.0 Å². The van der Waals surface area contributed by atoms with Gasteiger partial charge in [0.2, 0.25) is 0 Å². The van der Waals surface area contributed by atoms with Crippen molar-refractivity contribution in [3.63, 3.8) is 0 Å². The van der Waals surface area contributed by atoms with Crippen LogP contribution in [0, 0.1) is 13.8 Å². The lowest BCUT2D eigenvalue weighted by molar-refractivity contribution is -0.132. The fourth-order valence-corrected chi connectivity index (χ4v) is 6.08. The molecule has 0 radical (unpaired) electrons. The average Bonchev–Trinajstić information content (AvgIpc) is 3.64. The molecule has 1 saturated heterocycles. The first-order valence-electron chi connectivity index (χ1n) is 12.6. The monoisotopic (exact) mass is 568 g/mol. The molecule has 11 heteroatoms. The Balaban J connectivity index is 1.57. The van der Waals surface area contributed by atoms with Crippen molar-refractivity contribution in [3.05, 3.63) is 94.4 Å². The van der Waals surface area contributed by atoms with Crippen molar-refractivity contribution in [2.75, 3.05) is 19.1 Å². The zero-order valence-electron chi connectivity index (χ0n) is 22.5. The molecule has 3 aromatic heterocycles. The lowest BCUT2D eigenvalue weighted by atomic mass is 9.95. The highest BCUT2D eigenvalue weighted by molar-refractivity contribution is 7.22. The molecule has 1 atom stereocenters. The third-order valence-electron chi connectivity index (χ3n) is 7.19. The quantitative estimate of drug-likeness (QED) is 0.136. The van der Waals surface area contributed by atoms with E-state index in [-0.39, 0.29) is 16.4 Å². The molecule has 2 aromatic carbocycles. The van der Waals surface area contributed by atoms with Gasteiger partial charge in [0.1, 0.15) is 17.1 Å². The predicted octanol–water partition coefficient (Wildman–Crippen LogP) is 4.98. The molecule has 10 nitrogen and oxygen atoms in total. The van der Waals surface area contributed by atoms with Crippen LogP contribution in [-0.4, -0.2) is 51.4 Å². The number of carbonyl (C=O) groups excluding carboxylic acids is 3. The number of imidazole rings is 1. The van der Waals surface area contributed by atoms with Gasteiger partial charge in [-0.05, 0) is 61.4 Å². The number of rotatable bonds is 5. The molecular weight excluding hydrogens is 544 g/mol. The SMILES string of the molecule is COC(=O)c1ccc(C2/C(=C(\O)c3nc4c(C)cccn4c3C)C(=O)C(=O)N2c2nc3ccc(OC)cc3s2)cc1. The lowest BCUT2D eigenvalue weighted by Gasteiger charge is -2.23. The third kappa shape index (κ3) is 4.13. The number of amides is 1. The van der Waals surface area contributed by atoms with E-state index in [2.05, 4.69) is 9.97 Å². The summed E-state index contributed by atoms with van der Waals surface area (Å²) in [5.74, 6) is -1.99. The van der Waals surface area contributed by atoms with E-state index >= 15 is 0 Å². The van der Waals surface area contributed by atoms with Crippen LogP contribution < -0.4 is 9.64 Å². The number of fused-ring (bicyclic) bond motifs is 2. The molecule has 6 rings (SSSR count). The summed E-state index contributed by atoms with van der Waals surface area (Å²) >= 11 is 1.22. The fourth-order valence-electron chi connectivity index (χ4n) is 5.06. The second kappa shape index (κ2) is 9.86. The van der Waals surface area contributed by atoms with Gasteiger partial charge in [0.25, 0.3) is 5.78 Å². The Morgan fingerprint density at radius 2 is 1.78 bits per heavy atom. The Kier molecular flexibility index (Phi) is 6.30. The van der Waals surface area contributed by atoms with Gasteiger partial charge in [-0.2, -0.15) is 0 Å². The van der Waals surface area contributed by atoms with Gasteiger partial charge in [0, 0.05) is 6.20 Å². The van der Waals surface area contributed by atoms with Gasteiger partial charge in [-0.1, -0.05) is 29.5 Å². The minimum absolute atomic E-state index is 0.123. The van der Waals surface area contributed by atoms with Crippen LogP contribution >= 0.6 is 11.3 Å². The number of nitrogens with zero attached hydrogens (tertiary/aromatic N) is 4. The maximum atomic E-state index is 13.7. The highest BCUT2D eigenvalue weighted by Crippen LogP contribution is 2.45. The van der Waals surface area contributed by atoms with Gasteiger partial charge in [0.05, 0.1) is 47.3 Å². The second-order valence-corrected chi connectivity index (χ2v) is 10.6. The van der Waals surface area contributed by atoms with Crippen LogP contribution in [0.15, 0.2) is 66.4 Å². The van der Waals surface area contributed by atoms with Crippen molar-refractivity contribution < 1.29 is 29.0 Å². The molecule has 0 aliphatic carbocycles. The first kappa shape index (κ1) is 26.2. The van der Waals surface area contributed by atoms with E-state index in [1.54, 1.807) is 56.5 Å². The van der Waals surface area contributed by atoms with E-state index < -0.39 is 29.5 Å². The van der Waals surface area contributed by atoms with Crippen LogP contribution in [0.4, 0.5) is 5.13 Å². The molecule has 0 bridgehead atoms. The number of ketones is 1. The fraction of sp³-hybridized carbons (Fsp3) is 0.167. The minimum Gasteiger partial charge on any atom is -0.505 e. The van der Waals surface area contributed by atoms with Crippen molar-refractivity contribution in [1.29, 1.82) is 0 Å². The van der Waals surface area contributed by atoms with Crippen molar-refractivity contribution in [1.82, 2.24) is 14.4 Å². The van der Waals surface area contributed by atoms with E-state index in [0.717, 1.165) is 10.3 Å². The molecule has 0 saturated carbocycles. The van der Waals surface area contributed by atoms with Crippen molar-refractivity contribution >= 4 is 55.8 Å². The van der Waals surface area contributed by atoms with E-state index in [0.29, 0.717) is 33.7 Å². The smallest absolute Gasteiger partial charge is 0.337 e. The number of esters is 1. The van der Waals surface area contributed by atoms with Crippen LogP contribution in [0.3, 0.4) is 0 Å². The molecule has 1 fully saturated rings. The van der Waals surface area contributed by atoms with Crippen molar-refractivity contribution in [2.45, 2.75) is 19.9 Å². The molecular formula is C30H24N4O6S. The molecule has 1 unspecified atom stereocenters. The molecule has 1 N–H and O–H groups in total. The Morgan fingerprint density at radius 3 is 2.46 bits per heavy atom. The maximum Gasteiger partial charge on any atom is 0.337 e. The number of aliphatic hydroxyl groups excluding tert-OH is 1. The van der Waals surface area contributed by atoms with Gasteiger partial charge in [-0.25, -0.2) is 14.8 Å². The van der Waals surface area contributed by atoms with Crippen LogP contribution in [0.1, 0.15) is 38.9 Å². The summed E-state index contributed by atoms with van der Waals surface area (Å²) in [6, 6.07) is 14.4. The number of anilines is 1. The Labute approximate surface area is 238 Å². The van der Waals surface area contributed by atoms with E-state index in [1.165, 1.54) is 23.3 Å². The summed E-state index contributed by atoms with van der Waals surface area (Å²) in [6.07, 6.45) is 1.82. The van der Waals surface area contributed by atoms with E-state index in [9.17, 15) is 19.5 Å². The van der Waals surface area contributed by atoms with Gasteiger partial charge >= 0.3 is 11.9 Å². The number of methoxy groups -OCH3 is 2. The molecule has 5 aromatic rings. The largest absolute Gasteiger partial charge is 0.505 e. The first-order chi connectivity index (χ1) is 19.7. The number of hydrogen-bond donors (Lipinski definition) is 1. The van der Waals surface area contributed by atoms with Crippen LogP contribution in [0.5, 0.6) is 5.75 Å². The second-order valence-electron chi connectivity index (χ2n) is 9.54. The summed E-state index contributed by atoms with van der Waals surface area (Å²) in [6.45, 7) is 3.68. The van der Waals surface area contributed by atoms with Crippen LogP contribution in [0.25, 0.3) is 21.6 Å². The summed E-state index contributed by atoms with van der Waals surface area (Å²) < 4.78 is 12.7. The Morgan fingerprint density at radius 1 is 1.02 bits per heavy atom. The number of thiazole rings is 1. The number of aromatic nitrogens is 3.